The number of terminal acetylenes is 1. The molecule has 0 bridgehead atoms. The summed E-state index contributed by atoms with van der Waals surface area (Å²) in [6.45, 7) is 5.32. The molecule has 3 heteroatoms. The van der Waals surface area contributed by atoms with E-state index in [0.717, 1.165) is 16.7 Å². The summed E-state index contributed by atoms with van der Waals surface area (Å²) in [5, 5.41) is 1.15. The number of benzene rings is 1. The zero-order valence-electron chi connectivity index (χ0n) is 10.6. The molecule has 0 spiro atoms. The third-order valence-corrected chi connectivity index (χ3v) is 2.78. The first-order chi connectivity index (χ1) is 8.26. The number of halogens is 1. The van der Waals surface area contributed by atoms with E-state index in [-0.39, 0.29) is 17.0 Å². The van der Waals surface area contributed by atoms with Gasteiger partial charge in [0.15, 0.2) is 5.69 Å². The molecule has 0 atom stereocenters. The summed E-state index contributed by atoms with van der Waals surface area (Å²) in [6, 6.07) is 10.3. The summed E-state index contributed by atoms with van der Waals surface area (Å²) in [7, 11) is 0. The number of hydrogen-bond acceptors (Lipinski definition) is 1. The Hall–Kier alpha value is -1.53. The third kappa shape index (κ3) is 2.83. The summed E-state index contributed by atoms with van der Waals surface area (Å²) in [4.78, 5) is 0. The van der Waals surface area contributed by atoms with E-state index in [1.54, 1.807) is 0 Å². The lowest BCUT2D eigenvalue weighted by atomic mass is 10.2. The molecule has 2 aromatic rings. The van der Waals surface area contributed by atoms with Gasteiger partial charge in [0.25, 0.3) is 0 Å². The predicted octanol–water partition coefficient (Wildman–Crippen LogP) is -0.528. The van der Waals surface area contributed by atoms with Crippen molar-refractivity contribution in [1.29, 1.82) is 0 Å². The summed E-state index contributed by atoms with van der Waals surface area (Å²) in [5.41, 5.74) is 2.31. The van der Waals surface area contributed by atoms with E-state index in [1.807, 2.05) is 19.1 Å². The molecule has 0 N–H and O–H groups in total. The third-order valence-electron chi connectivity index (χ3n) is 2.78. The first-order valence-electron chi connectivity index (χ1n) is 5.75. The molecule has 2 nitrogen and oxygen atoms in total. The molecule has 0 unspecified atom stereocenters. The van der Waals surface area contributed by atoms with Crippen LogP contribution in [0.3, 0.4) is 0 Å². The van der Waals surface area contributed by atoms with Crippen molar-refractivity contribution in [2.75, 3.05) is 6.61 Å². The van der Waals surface area contributed by atoms with Gasteiger partial charge in [0, 0.05) is 19.1 Å². The van der Waals surface area contributed by atoms with E-state index in [1.165, 1.54) is 5.69 Å². The number of rotatable bonds is 3. The fraction of sp³-hybridized carbons (Fsp3) is 0.267. The quantitative estimate of drug-likeness (QED) is 0.549. The molecule has 0 radical (unpaired) electrons. The molecule has 2 rings (SSSR count). The minimum absolute atomic E-state index is 0. The SMILES string of the molecule is C#CC[n+]1c(C)ccc2cc(OCC)ccc21.[Br-]. The number of pyridine rings is 1. The molecular formula is C15H16BrNO. The Labute approximate surface area is 118 Å². The maximum atomic E-state index is 5.49. The van der Waals surface area contributed by atoms with Crippen LogP contribution < -0.4 is 26.3 Å². The molecule has 0 aliphatic rings. The molecule has 1 aromatic heterocycles. The van der Waals surface area contributed by atoms with Crippen molar-refractivity contribution in [3.8, 4) is 18.1 Å². The largest absolute Gasteiger partial charge is 1.00 e. The van der Waals surface area contributed by atoms with Gasteiger partial charge in [-0.1, -0.05) is 0 Å². The Balaban J connectivity index is 0.00000162. The Morgan fingerprint density at radius 1 is 1.28 bits per heavy atom. The highest BCUT2D eigenvalue weighted by Crippen LogP contribution is 2.18. The fourth-order valence-electron chi connectivity index (χ4n) is 1.96. The van der Waals surface area contributed by atoms with Crippen LogP contribution in [-0.2, 0) is 6.54 Å². The number of aryl methyl sites for hydroxylation is 1. The summed E-state index contributed by atoms with van der Waals surface area (Å²) >= 11 is 0. The van der Waals surface area contributed by atoms with Crippen LogP contribution in [-0.4, -0.2) is 6.61 Å². The van der Waals surface area contributed by atoms with Gasteiger partial charge in [0.2, 0.25) is 12.1 Å². The molecule has 18 heavy (non-hydrogen) atoms. The number of aromatic nitrogens is 1. The van der Waals surface area contributed by atoms with Crippen LogP contribution >= 0.6 is 0 Å². The van der Waals surface area contributed by atoms with E-state index < -0.39 is 0 Å². The van der Waals surface area contributed by atoms with E-state index in [4.69, 9.17) is 11.2 Å². The molecule has 0 fully saturated rings. The average Bonchev–Trinajstić information content (AvgIpc) is 2.33. The Morgan fingerprint density at radius 2 is 2.06 bits per heavy atom. The van der Waals surface area contributed by atoms with E-state index in [2.05, 4.69) is 35.6 Å². The van der Waals surface area contributed by atoms with Gasteiger partial charge in [-0.15, -0.1) is 6.42 Å². The second-order valence-corrected chi connectivity index (χ2v) is 3.92. The molecule has 0 amide bonds. The van der Waals surface area contributed by atoms with Crippen molar-refractivity contribution < 1.29 is 26.3 Å². The lowest BCUT2D eigenvalue weighted by Crippen LogP contribution is -3.00. The first kappa shape index (κ1) is 14.5. The first-order valence-corrected chi connectivity index (χ1v) is 5.75. The van der Waals surface area contributed by atoms with Crippen molar-refractivity contribution >= 4 is 10.9 Å². The van der Waals surface area contributed by atoms with Gasteiger partial charge in [-0.2, -0.15) is 4.57 Å². The van der Waals surface area contributed by atoms with Gasteiger partial charge in [-0.25, -0.2) is 0 Å². The smallest absolute Gasteiger partial charge is 0.213 e. The molecule has 0 saturated heterocycles. The molecule has 0 aliphatic carbocycles. The zero-order chi connectivity index (χ0) is 12.3. The van der Waals surface area contributed by atoms with Crippen LogP contribution in [0.5, 0.6) is 5.75 Å². The number of ether oxygens (including phenoxy) is 1. The maximum Gasteiger partial charge on any atom is 0.213 e. The molecule has 1 aromatic carbocycles. The van der Waals surface area contributed by atoms with Gasteiger partial charge >= 0.3 is 0 Å². The van der Waals surface area contributed by atoms with Crippen molar-refractivity contribution in [3.63, 3.8) is 0 Å². The Morgan fingerprint density at radius 3 is 2.72 bits per heavy atom. The Kier molecular flexibility index (Phi) is 5.18. The monoisotopic (exact) mass is 305 g/mol. The number of nitrogens with zero attached hydrogens (tertiary/aromatic N) is 1. The molecule has 0 saturated carbocycles. The minimum Gasteiger partial charge on any atom is -1.00 e. The van der Waals surface area contributed by atoms with Gasteiger partial charge in [-0.05, 0) is 31.0 Å². The lowest BCUT2D eigenvalue weighted by Gasteiger charge is -2.05. The molecule has 0 aliphatic heterocycles. The normalized spacial score (nSPS) is 9.61. The average molecular weight is 306 g/mol. The summed E-state index contributed by atoms with van der Waals surface area (Å²) in [6.07, 6.45) is 5.40. The van der Waals surface area contributed by atoms with Crippen molar-refractivity contribution in [2.45, 2.75) is 20.4 Å². The number of hydrogen-bond donors (Lipinski definition) is 0. The van der Waals surface area contributed by atoms with Gasteiger partial charge in [0.05, 0.1) is 12.0 Å². The minimum atomic E-state index is 0. The molecule has 1 heterocycles. The van der Waals surface area contributed by atoms with Crippen LogP contribution in [0.1, 0.15) is 12.6 Å². The second kappa shape index (κ2) is 6.42. The zero-order valence-corrected chi connectivity index (χ0v) is 12.2. The highest BCUT2D eigenvalue weighted by Gasteiger charge is 2.11. The predicted molar refractivity (Wildman–Crippen MR) is 68.9 cm³/mol. The van der Waals surface area contributed by atoms with E-state index in [0.29, 0.717) is 13.2 Å². The van der Waals surface area contributed by atoms with Crippen LogP contribution in [0.15, 0.2) is 30.3 Å². The molecular weight excluding hydrogens is 290 g/mol. The highest BCUT2D eigenvalue weighted by molar-refractivity contribution is 5.77. The fourth-order valence-corrected chi connectivity index (χ4v) is 1.96. The lowest BCUT2D eigenvalue weighted by molar-refractivity contribution is -0.664. The second-order valence-electron chi connectivity index (χ2n) is 3.92. The summed E-state index contributed by atoms with van der Waals surface area (Å²) < 4.78 is 7.62. The van der Waals surface area contributed by atoms with Crippen molar-refractivity contribution in [3.05, 3.63) is 36.0 Å². The molecule has 94 valence electrons. The van der Waals surface area contributed by atoms with Gasteiger partial charge in [0.1, 0.15) is 5.75 Å². The summed E-state index contributed by atoms with van der Waals surface area (Å²) in [5.74, 6) is 3.59. The topological polar surface area (TPSA) is 13.1 Å². The maximum absolute atomic E-state index is 5.49. The van der Waals surface area contributed by atoms with Crippen LogP contribution in [0.2, 0.25) is 0 Å². The van der Waals surface area contributed by atoms with Crippen LogP contribution in [0.25, 0.3) is 10.9 Å². The van der Waals surface area contributed by atoms with Crippen molar-refractivity contribution in [1.82, 2.24) is 0 Å². The van der Waals surface area contributed by atoms with Gasteiger partial charge < -0.3 is 21.7 Å². The van der Waals surface area contributed by atoms with Crippen molar-refractivity contribution in [2.24, 2.45) is 0 Å². The standard InChI is InChI=1S/C15H16NO.BrH/c1-4-10-16-12(3)6-7-13-11-14(17-5-2)8-9-15(13)16;/h1,6-9,11H,5,10H2,2-3H3;1H/q+1;/p-1. The number of fused-ring (bicyclic) bond motifs is 1. The Bertz CT molecular complexity index is 587. The van der Waals surface area contributed by atoms with Crippen LogP contribution in [0.4, 0.5) is 0 Å². The van der Waals surface area contributed by atoms with E-state index >= 15 is 0 Å². The van der Waals surface area contributed by atoms with Gasteiger partial charge in [-0.3, -0.25) is 0 Å². The van der Waals surface area contributed by atoms with E-state index in [9.17, 15) is 0 Å². The van der Waals surface area contributed by atoms with Crippen LogP contribution in [0, 0.1) is 19.3 Å². The highest BCUT2D eigenvalue weighted by atomic mass is 79.9.